The highest BCUT2D eigenvalue weighted by Gasteiger charge is 2.36. The lowest BCUT2D eigenvalue weighted by Crippen LogP contribution is -2.55. The number of fused-ring (bicyclic) bond motifs is 2. The van der Waals surface area contributed by atoms with Crippen LogP contribution in [0, 0.1) is 6.92 Å². The first-order valence-electron chi connectivity index (χ1n) is 9.01. The summed E-state index contributed by atoms with van der Waals surface area (Å²) in [4.78, 5) is 31.9. The number of hydrogen-bond donors (Lipinski definition) is 0. The number of aryl methyl sites for hydroxylation is 1. The molecule has 1 aliphatic heterocycles. The lowest BCUT2D eigenvalue weighted by molar-refractivity contribution is -0.150. The Morgan fingerprint density at radius 3 is 3.04 bits per heavy atom. The molecule has 2 heterocycles. The first-order valence-corrected chi connectivity index (χ1v) is 9.01. The quantitative estimate of drug-likeness (QED) is 0.836. The summed E-state index contributed by atoms with van der Waals surface area (Å²) in [5, 5.41) is 0.563. The van der Waals surface area contributed by atoms with E-state index < -0.39 is 0 Å². The largest absolute Gasteiger partial charge is 0.374 e. The molecule has 4 rings (SSSR count). The highest BCUT2D eigenvalue weighted by molar-refractivity contribution is 5.81. The van der Waals surface area contributed by atoms with Gasteiger partial charge in [-0.3, -0.25) is 14.2 Å². The van der Waals surface area contributed by atoms with E-state index in [9.17, 15) is 9.59 Å². The van der Waals surface area contributed by atoms with Crippen molar-refractivity contribution in [1.82, 2.24) is 14.5 Å². The van der Waals surface area contributed by atoms with Crippen LogP contribution in [0.1, 0.15) is 31.2 Å². The van der Waals surface area contributed by atoms with E-state index in [1.165, 1.54) is 10.9 Å². The van der Waals surface area contributed by atoms with Crippen LogP contribution in [0.3, 0.4) is 0 Å². The minimum atomic E-state index is -0.157. The number of para-hydroxylation sites is 1. The third kappa shape index (κ3) is 2.95. The van der Waals surface area contributed by atoms with Crippen molar-refractivity contribution in [2.45, 2.75) is 51.3 Å². The zero-order chi connectivity index (χ0) is 17.4. The molecule has 1 aromatic heterocycles. The second kappa shape index (κ2) is 6.59. The number of ether oxygens (including phenoxy) is 1. The molecule has 6 nitrogen and oxygen atoms in total. The summed E-state index contributed by atoms with van der Waals surface area (Å²) in [6, 6.07) is 5.70. The lowest BCUT2D eigenvalue weighted by Gasteiger charge is -2.43. The van der Waals surface area contributed by atoms with Crippen LogP contribution in [0.4, 0.5) is 0 Å². The van der Waals surface area contributed by atoms with E-state index in [4.69, 9.17) is 4.74 Å². The molecule has 25 heavy (non-hydrogen) atoms. The van der Waals surface area contributed by atoms with Crippen molar-refractivity contribution < 1.29 is 9.53 Å². The monoisotopic (exact) mass is 341 g/mol. The first kappa shape index (κ1) is 16.3. The summed E-state index contributed by atoms with van der Waals surface area (Å²) in [6.07, 6.45) is 5.95. The van der Waals surface area contributed by atoms with Crippen LogP contribution in [0.5, 0.6) is 0 Å². The van der Waals surface area contributed by atoms with Crippen molar-refractivity contribution in [3.8, 4) is 0 Å². The molecule has 2 fully saturated rings. The van der Waals surface area contributed by atoms with Gasteiger partial charge in [0.15, 0.2) is 0 Å². The van der Waals surface area contributed by atoms with E-state index in [2.05, 4.69) is 4.98 Å². The summed E-state index contributed by atoms with van der Waals surface area (Å²) >= 11 is 0. The highest BCUT2D eigenvalue weighted by atomic mass is 16.5. The molecule has 2 aromatic rings. The summed E-state index contributed by atoms with van der Waals surface area (Å²) in [5.41, 5.74) is 1.51. The van der Waals surface area contributed by atoms with E-state index in [0.717, 1.165) is 31.2 Å². The second-order valence-electron chi connectivity index (χ2n) is 7.00. The fourth-order valence-electron chi connectivity index (χ4n) is 4.09. The summed E-state index contributed by atoms with van der Waals surface area (Å²) in [5.74, 6) is -0.0175. The fraction of sp³-hybridized carbons (Fsp3) is 0.526. The van der Waals surface area contributed by atoms with Crippen LogP contribution < -0.4 is 5.56 Å². The zero-order valence-electron chi connectivity index (χ0n) is 14.5. The molecule has 1 saturated carbocycles. The third-order valence-electron chi connectivity index (χ3n) is 5.41. The highest BCUT2D eigenvalue weighted by Crippen LogP contribution is 2.28. The van der Waals surface area contributed by atoms with Crippen LogP contribution in [0.25, 0.3) is 10.9 Å². The van der Waals surface area contributed by atoms with Gasteiger partial charge in [-0.2, -0.15) is 0 Å². The van der Waals surface area contributed by atoms with Crippen LogP contribution in [0.15, 0.2) is 29.3 Å². The normalized spacial score (nSPS) is 23.5. The number of benzene rings is 1. The van der Waals surface area contributed by atoms with Crippen molar-refractivity contribution >= 4 is 16.8 Å². The molecule has 132 valence electrons. The molecule has 1 saturated heterocycles. The van der Waals surface area contributed by atoms with Gasteiger partial charge in [-0.25, -0.2) is 4.98 Å². The number of rotatable bonds is 2. The Hall–Kier alpha value is -2.21. The van der Waals surface area contributed by atoms with Crippen molar-refractivity contribution in [2.24, 2.45) is 0 Å². The average molecular weight is 341 g/mol. The molecular weight excluding hydrogens is 318 g/mol. The lowest BCUT2D eigenvalue weighted by atomic mass is 9.90. The Balaban J connectivity index is 1.59. The fourth-order valence-corrected chi connectivity index (χ4v) is 4.09. The Morgan fingerprint density at radius 2 is 2.16 bits per heavy atom. The van der Waals surface area contributed by atoms with E-state index in [1.54, 1.807) is 6.07 Å². The molecule has 1 aliphatic carbocycles. The van der Waals surface area contributed by atoms with Crippen molar-refractivity contribution in [2.75, 3.05) is 13.2 Å². The van der Waals surface area contributed by atoms with Crippen LogP contribution in [-0.4, -0.2) is 45.7 Å². The van der Waals surface area contributed by atoms with Crippen LogP contribution in [-0.2, 0) is 16.1 Å². The van der Waals surface area contributed by atoms with Gasteiger partial charge < -0.3 is 9.64 Å². The smallest absolute Gasteiger partial charge is 0.261 e. The van der Waals surface area contributed by atoms with Gasteiger partial charge in [0.05, 0.1) is 36.0 Å². The number of aromatic nitrogens is 2. The Kier molecular flexibility index (Phi) is 4.29. The van der Waals surface area contributed by atoms with Gasteiger partial charge in [0.2, 0.25) is 5.91 Å². The van der Waals surface area contributed by atoms with E-state index in [0.29, 0.717) is 24.1 Å². The third-order valence-corrected chi connectivity index (χ3v) is 5.41. The molecule has 1 amide bonds. The SMILES string of the molecule is Cc1cccc2c(=O)n(CC(=O)N3CCO[C@@H]4CCCC[C@@H]43)cnc12. The van der Waals surface area contributed by atoms with Crippen molar-refractivity contribution in [3.63, 3.8) is 0 Å². The zero-order valence-corrected chi connectivity index (χ0v) is 14.5. The summed E-state index contributed by atoms with van der Waals surface area (Å²) in [7, 11) is 0. The minimum Gasteiger partial charge on any atom is -0.374 e. The van der Waals surface area contributed by atoms with E-state index in [-0.39, 0.29) is 30.2 Å². The molecule has 1 aromatic carbocycles. The average Bonchev–Trinajstić information content (AvgIpc) is 2.64. The molecular formula is C19H23N3O3. The maximum Gasteiger partial charge on any atom is 0.261 e. The van der Waals surface area contributed by atoms with Gasteiger partial charge in [0, 0.05) is 6.54 Å². The number of amides is 1. The standard InChI is InChI=1S/C19H23N3O3/c1-13-5-4-6-14-18(13)20-12-21(19(14)24)11-17(23)22-9-10-25-16-8-3-2-7-15(16)22/h4-6,12,15-16H,2-3,7-11H2,1H3/t15-,16+/m0/s1. The molecule has 0 spiro atoms. The van der Waals surface area contributed by atoms with Crippen LogP contribution >= 0.6 is 0 Å². The van der Waals surface area contributed by atoms with Gasteiger partial charge in [0.1, 0.15) is 6.54 Å². The minimum absolute atomic E-state index is 0.0175. The molecule has 2 aliphatic rings. The van der Waals surface area contributed by atoms with E-state index in [1.807, 2.05) is 24.0 Å². The maximum absolute atomic E-state index is 12.9. The van der Waals surface area contributed by atoms with E-state index >= 15 is 0 Å². The summed E-state index contributed by atoms with van der Waals surface area (Å²) < 4.78 is 7.26. The molecule has 0 bridgehead atoms. The van der Waals surface area contributed by atoms with Crippen molar-refractivity contribution in [1.29, 1.82) is 0 Å². The Morgan fingerprint density at radius 1 is 1.32 bits per heavy atom. The molecule has 0 N–H and O–H groups in total. The number of carbonyl (C=O) groups is 1. The van der Waals surface area contributed by atoms with Gasteiger partial charge >= 0.3 is 0 Å². The number of carbonyl (C=O) groups excluding carboxylic acids is 1. The van der Waals surface area contributed by atoms with Gasteiger partial charge in [0.25, 0.3) is 5.56 Å². The maximum atomic E-state index is 12.9. The number of morpholine rings is 1. The molecule has 0 unspecified atom stereocenters. The molecule has 0 radical (unpaired) electrons. The predicted octanol–water partition coefficient (Wildman–Crippen LogP) is 1.87. The van der Waals surface area contributed by atoms with Crippen LogP contribution in [0.2, 0.25) is 0 Å². The number of nitrogens with zero attached hydrogens (tertiary/aromatic N) is 3. The van der Waals surface area contributed by atoms with Crippen molar-refractivity contribution in [3.05, 3.63) is 40.4 Å². The number of hydrogen-bond acceptors (Lipinski definition) is 4. The first-order chi connectivity index (χ1) is 12.1. The topological polar surface area (TPSA) is 64.4 Å². The summed E-state index contributed by atoms with van der Waals surface area (Å²) in [6.45, 7) is 3.16. The Bertz CT molecular complexity index is 859. The molecule has 2 atom stereocenters. The van der Waals surface area contributed by atoms with Gasteiger partial charge in [-0.1, -0.05) is 25.0 Å². The second-order valence-corrected chi connectivity index (χ2v) is 7.00. The Labute approximate surface area is 146 Å². The predicted molar refractivity (Wildman–Crippen MR) is 94.4 cm³/mol. The van der Waals surface area contributed by atoms with Gasteiger partial charge in [-0.15, -0.1) is 0 Å². The van der Waals surface area contributed by atoms with Gasteiger partial charge in [-0.05, 0) is 31.4 Å². The molecule has 6 heteroatoms.